The van der Waals surface area contributed by atoms with E-state index in [1.807, 2.05) is 17.5 Å². The number of anilines is 1. The zero-order valence-electron chi connectivity index (χ0n) is 11.7. The van der Waals surface area contributed by atoms with Gasteiger partial charge in [-0.25, -0.2) is 14.8 Å². The highest BCUT2D eigenvalue weighted by atomic mass is 32.1. The van der Waals surface area contributed by atoms with Gasteiger partial charge < -0.3 is 10.0 Å². The minimum atomic E-state index is -0.966. The van der Waals surface area contributed by atoms with E-state index in [4.69, 9.17) is 0 Å². The van der Waals surface area contributed by atoms with Gasteiger partial charge in [0, 0.05) is 19.3 Å². The lowest BCUT2D eigenvalue weighted by Crippen LogP contribution is -2.27. The first-order valence-corrected chi connectivity index (χ1v) is 8.03. The summed E-state index contributed by atoms with van der Waals surface area (Å²) in [5.41, 5.74) is 0.192. The van der Waals surface area contributed by atoms with Crippen molar-refractivity contribution >= 4 is 23.1 Å². The van der Waals surface area contributed by atoms with Crippen LogP contribution in [0.1, 0.15) is 36.0 Å². The van der Waals surface area contributed by atoms with Crippen LogP contribution >= 0.6 is 11.3 Å². The maximum Gasteiger partial charge on any atom is 0.341 e. The Morgan fingerprint density at radius 1 is 1.24 bits per heavy atom. The summed E-state index contributed by atoms with van der Waals surface area (Å²) in [5, 5.41) is 11.4. The summed E-state index contributed by atoms with van der Waals surface area (Å²) in [7, 11) is 0. The summed E-state index contributed by atoms with van der Waals surface area (Å²) in [5.74, 6) is 0.198. The van der Waals surface area contributed by atoms with Crippen molar-refractivity contribution in [3.05, 3.63) is 29.3 Å². The fourth-order valence-electron chi connectivity index (χ4n) is 2.57. The highest BCUT2D eigenvalue weighted by Crippen LogP contribution is 2.27. The molecule has 1 saturated heterocycles. The van der Waals surface area contributed by atoms with Gasteiger partial charge in [-0.1, -0.05) is 18.9 Å². The normalized spacial score (nSPS) is 15.7. The molecule has 0 amide bonds. The number of thiophene rings is 1. The Balaban J connectivity index is 2.01. The molecule has 0 spiro atoms. The van der Waals surface area contributed by atoms with Gasteiger partial charge >= 0.3 is 5.97 Å². The molecule has 6 heteroatoms. The van der Waals surface area contributed by atoms with Crippen molar-refractivity contribution < 1.29 is 9.90 Å². The van der Waals surface area contributed by atoms with Crippen molar-refractivity contribution in [2.24, 2.45) is 0 Å². The average Bonchev–Trinajstić information content (AvgIpc) is 2.89. The topological polar surface area (TPSA) is 66.3 Å². The minimum absolute atomic E-state index is 0.192. The number of hydrogen-bond acceptors (Lipinski definition) is 5. The Morgan fingerprint density at radius 2 is 2.00 bits per heavy atom. The largest absolute Gasteiger partial charge is 0.477 e. The van der Waals surface area contributed by atoms with E-state index in [9.17, 15) is 9.90 Å². The molecule has 0 aromatic carbocycles. The predicted octanol–water partition coefficient (Wildman–Crippen LogP) is 3.28. The van der Waals surface area contributed by atoms with Gasteiger partial charge in [0.1, 0.15) is 11.4 Å². The molecule has 0 bridgehead atoms. The Morgan fingerprint density at radius 3 is 2.62 bits per heavy atom. The molecule has 0 atom stereocenters. The third-order valence-electron chi connectivity index (χ3n) is 3.65. The molecule has 0 radical (unpaired) electrons. The second-order valence-electron chi connectivity index (χ2n) is 5.11. The van der Waals surface area contributed by atoms with Crippen LogP contribution in [0.2, 0.25) is 0 Å². The molecule has 0 aliphatic carbocycles. The third kappa shape index (κ3) is 3.05. The predicted molar refractivity (Wildman–Crippen MR) is 83.0 cm³/mol. The number of carbonyl (C=O) groups is 1. The van der Waals surface area contributed by atoms with E-state index in [-0.39, 0.29) is 5.56 Å². The van der Waals surface area contributed by atoms with Gasteiger partial charge in [-0.05, 0) is 24.3 Å². The SMILES string of the molecule is O=C(O)c1cnc(-c2cccs2)nc1N1CCCCCC1. The van der Waals surface area contributed by atoms with Crippen molar-refractivity contribution in [1.29, 1.82) is 0 Å². The number of aromatic carboxylic acids is 1. The fraction of sp³-hybridized carbons (Fsp3) is 0.400. The zero-order valence-corrected chi connectivity index (χ0v) is 12.5. The highest BCUT2D eigenvalue weighted by molar-refractivity contribution is 7.13. The smallest absolute Gasteiger partial charge is 0.341 e. The summed E-state index contributed by atoms with van der Waals surface area (Å²) < 4.78 is 0. The van der Waals surface area contributed by atoms with Gasteiger partial charge in [0.15, 0.2) is 5.82 Å². The molecule has 2 aromatic heterocycles. The van der Waals surface area contributed by atoms with Gasteiger partial charge in [0.2, 0.25) is 0 Å². The molecule has 0 unspecified atom stereocenters. The van der Waals surface area contributed by atoms with Crippen molar-refractivity contribution in [2.75, 3.05) is 18.0 Å². The first-order valence-electron chi connectivity index (χ1n) is 7.15. The quantitative estimate of drug-likeness (QED) is 0.942. The molecule has 21 heavy (non-hydrogen) atoms. The number of carboxylic acid groups (broad SMARTS) is 1. The third-order valence-corrected chi connectivity index (χ3v) is 4.51. The summed E-state index contributed by atoms with van der Waals surface area (Å²) in [6.07, 6.45) is 5.99. The summed E-state index contributed by atoms with van der Waals surface area (Å²) in [6.45, 7) is 1.72. The van der Waals surface area contributed by atoms with Gasteiger partial charge in [-0.15, -0.1) is 11.3 Å². The number of nitrogens with zero attached hydrogens (tertiary/aromatic N) is 3. The molecule has 3 rings (SSSR count). The number of aromatic nitrogens is 2. The number of carboxylic acids is 1. The lowest BCUT2D eigenvalue weighted by molar-refractivity contribution is 0.0696. The lowest BCUT2D eigenvalue weighted by atomic mass is 10.2. The van der Waals surface area contributed by atoms with Crippen molar-refractivity contribution in [3.63, 3.8) is 0 Å². The van der Waals surface area contributed by atoms with E-state index in [0.29, 0.717) is 11.6 Å². The van der Waals surface area contributed by atoms with Crippen LogP contribution in [0.15, 0.2) is 23.7 Å². The van der Waals surface area contributed by atoms with Gasteiger partial charge in [-0.3, -0.25) is 0 Å². The Bertz CT molecular complexity index is 620. The Labute approximate surface area is 127 Å². The first-order chi connectivity index (χ1) is 10.3. The highest BCUT2D eigenvalue weighted by Gasteiger charge is 2.21. The second kappa shape index (κ2) is 6.22. The van der Waals surface area contributed by atoms with Crippen molar-refractivity contribution in [1.82, 2.24) is 9.97 Å². The molecule has 1 N–H and O–H groups in total. The fourth-order valence-corrected chi connectivity index (χ4v) is 3.24. The maximum atomic E-state index is 11.4. The van der Waals surface area contributed by atoms with Crippen LogP contribution in [0, 0.1) is 0 Å². The molecule has 1 aliphatic rings. The second-order valence-corrected chi connectivity index (χ2v) is 6.06. The molecule has 110 valence electrons. The lowest BCUT2D eigenvalue weighted by Gasteiger charge is -2.23. The Kier molecular flexibility index (Phi) is 4.15. The zero-order chi connectivity index (χ0) is 14.7. The van der Waals surface area contributed by atoms with Gasteiger partial charge in [0.25, 0.3) is 0 Å². The molecule has 0 saturated carbocycles. The van der Waals surface area contributed by atoms with Crippen LogP contribution in [0.4, 0.5) is 5.82 Å². The minimum Gasteiger partial charge on any atom is -0.477 e. The monoisotopic (exact) mass is 303 g/mol. The summed E-state index contributed by atoms with van der Waals surface area (Å²) in [4.78, 5) is 23.3. The maximum absolute atomic E-state index is 11.4. The molecule has 2 aromatic rings. The molecule has 3 heterocycles. The summed E-state index contributed by atoms with van der Waals surface area (Å²) >= 11 is 1.56. The first kappa shape index (κ1) is 14.0. The van der Waals surface area contributed by atoms with Crippen LogP contribution in [0.3, 0.4) is 0 Å². The van der Waals surface area contributed by atoms with E-state index in [1.165, 1.54) is 19.0 Å². The van der Waals surface area contributed by atoms with Crippen LogP contribution in [0.5, 0.6) is 0 Å². The van der Waals surface area contributed by atoms with Crippen LogP contribution in [0.25, 0.3) is 10.7 Å². The molecular formula is C15H17N3O2S. The van der Waals surface area contributed by atoms with Crippen LogP contribution in [-0.2, 0) is 0 Å². The van der Waals surface area contributed by atoms with Gasteiger partial charge in [-0.2, -0.15) is 0 Å². The molecule has 5 nitrogen and oxygen atoms in total. The number of rotatable bonds is 3. The molecule has 1 fully saturated rings. The average molecular weight is 303 g/mol. The van der Waals surface area contributed by atoms with E-state index < -0.39 is 5.97 Å². The van der Waals surface area contributed by atoms with E-state index in [1.54, 1.807) is 11.3 Å². The molecular weight excluding hydrogens is 286 g/mol. The summed E-state index contributed by atoms with van der Waals surface area (Å²) in [6, 6.07) is 3.90. The van der Waals surface area contributed by atoms with Crippen LogP contribution in [-0.4, -0.2) is 34.1 Å². The standard InChI is InChI=1S/C15H17N3O2S/c19-15(20)11-10-16-13(12-6-5-9-21-12)17-14(11)18-7-3-1-2-4-8-18/h5-6,9-10H,1-4,7-8H2,(H,19,20). The van der Waals surface area contributed by atoms with E-state index >= 15 is 0 Å². The number of hydrogen-bond donors (Lipinski definition) is 1. The Hall–Kier alpha value is -1.95. The van der Waals surface area contributed by atoms with Crippen molar-refractivity contribution in [2.45, 2.75) is 25.7 Å². The van der Waals surface area contributed by atoms with Crippen molar-refractivity contribution in [3.8, 4) is 10.7 Å². The van der Waals surface area contributed by atoms with Crippen LogP contribution < -0.4 is 4.90 Å². The van der Waals surface area contributed by atoms with Gasteiger partial charge in [0.05, 0.1) is 4.88 Å². The molecule has 1 aliphatic heterocycles. The van der Waals surface area contributed by atoms with E-state index in [2.05, 4.69) is 14.9 Å². The van der Waals surface area contributed by atoms with E-state index in [0.717, 1.165) is 30.8 Å².